The van der Waals surface area contributed by atoms with Gasteiger partial charge >= 0.3 is 0 Å². The van der Waals surface area contributed by atoms with Crippen molar-refractivity contribution in [1.29, 1.82) is 0 Å². The Morgan fingerprint density at radius 3 is 2.20 bits per heavy atom. The zero-order chi connectivity index (χ0) is 27.9. The van der Waals surface area contributed by atoms with Gasteiger partial charge in [-0.3, -0.25) is 14.5 Å². The van der Waals surface area contributed by atoms with E-state index >= 15 is 0 Å². The number of aromatic nitrogens is 4. The minimum atomic E-state index is -0.0928. The summed E-state index contributed by atoms with van der Waals surface area (Å²) in [6.07, 6.45) is 5.52. The molecule has 9 nitrogen and oxygen atoms in total. The van der Waals surface area contributed by atoms with Crippen LogP contribution < -0.4 is 5.32 Å². The highest BCUT2D eigenvalue weighted by molar-refractivity contribution is 5.94. The van der Waals surface area contributed by atoms with Gasteiger partial charge in [0.2, 0.25) is 0 Å². The summed E-state index contributed by atoms with van der Waals surface area (Å²) in [6, 6.07) is 20.1. The van der Waals surface area contributed by atoms with Gasteiger partial charge in [-0.25, -0.2) is 4.68 Å². The molecule has 1 saturated carbocycles. The van der Waals surface area contributed by atoms with Crippen molar-refractivity contribution < 1.29 is 9.59 Å². The van der Waals surface area contributed by atoms with Crippen molar-refractivity contribution in [3.05, 3.63) is 94.8 Å². The highest BCUT2D eigenvalue weighted by Gasteiger charge is 2.48. The molecule has 0 unspecified atom stereocenters. The van der Waals surface area contributed by atoms with E-state index in [1.165, 1.54) is 17.7 Å². The van der Waals surface area contributed by atoms with E-state index in [1.807, 2.05) is 47.3 Å². The molecule has 1 aliphatic carbocycles. The molecule has 0 atom stereocenters. The molecule has 1 aliphatic heterocycles. The number of amides is 2. The molecule has 0 bridgehead atoms. The number of carbonyl (C=O) groups excluding carboxylic acids is 2. The number of carbonyl (C=O) groups is 2. The summed E-state index contributed by atoms with van der Waals surface area (Å²) in [5, 5.41) is 11.6. The molecule has 0 saturated heterocycles. The van der Waals surface area contributed by atoms with Crippen LogP contribution in [0.25, 0.3) is 11.4 Å². The topological polar surface area (TPSA) is 88.3 Å². The van der Waals surface area contributed by atoms with Crippen LogP contribution in [0.2, 0.25) is 0 Å². The van der Waals surface area contributed by atoms with Crippen LogP contribution >= 0.6 is 0 Å². The van der Waals surface area contributed by atoms with Gasteiger partial charge in [-0.05, 0) is 66.8 Å². The number of rotatable bonds is 7. The molecular formula is C31H35N7O2. The molecule has 1 fully saturated rings. The lowest BCUT2D eigenvalue weighted by Gasteiger charge is -2.53. The quantitative estimate of drug-likeness (QED) is 0.388. The molecule has 1 N–H and O–H groups in total. The summed E-state index contributed by atoms with van der Waals surface area (Å²) in [4.78, 5) is 28.3. The molecular weight excluding hydrogens is 502 g/mol. The summed E-state index contributed by atoms with van der Waals surface area (Å²) < 4.78 is 4.28. The Morgan fingerprint density at radius 1 is 0.900 bits per heavy atom. The van der Waals surface area contributed by atoms with Crippen LogP contribution in [0.1, 0.15) is 56.8 Å². The zero-order valence-electron chi connectivity index (χ0n) is 23.3. The molecule has 6 rings (SSSR count). The van der Waals surface area contributed by atoms with Gasteiger partial charge < -0.3 is 14.8 Å². The smallest absolute Gasteiger partial charge is 0.253 e. The maximum atomic E-state index is 12.3. The third-order valence-electron chi connectivity index (χ3n) is 8.41. The summed E-state index contributed by atoms with van der Waals surface area (Å²) >= 11 is 0. The van der Waals surface area contributed by atoms with Gasteiger partial charge in [-0.2, -0.15) is 0 Å². The molecule has 40 heavy (non-hydrogen) atoms. The van der Waals surface area contributed by atoms with Crippen LogP contribution in [0.4, 0.5) is 0 Å². The lowest BCUT2D eigenvalue weighted by Crippen LogP contribution is -2.55. The monoisotopic (exact) mass is 537 g/mol. The van der Waals surface area contributed by atoms with Gasteiger partial charge in [0.1, 0.15) is 5.69 Å². The maximum absolute atomic E-state index is 12.3. The van der Waals surface area contributed by atoms with Crippen LogP contribution in [-0.4, -0.2) is 68.9 Å². The summed E-state index contributed by atoms with van der Waals surface area (Å²) in [5.74, 6) is -0.0639. The minimum Gasteiger partial charge on any atom is -0.355 e. The molecule has 1 spiro atoms. The third-order valence-corrected chi connectivity index (χ3v) is 8.41. The summed E-state index contributed by atoms with van der Waals surface area (Å²) in [7, 11) is 5.19. The predicted octanol–water partition coefficient (Wildman–Crippen LogP) is 3.75. The Bertz CT molecular complexity index is 1530. The fourth-order valence-electron chi connectivity index (χ4n) is 6.07. The highest BCUT2D eigenvalue weighted by Crippen LogP contribution is 2.50. The second-order valence-corrected chi connectivity index (χ2v) is 11.0. The number of hydrogen-bond donors (Lipinski definition) is 1. The van der Waals surface area contributed by atoms with Crippen LogP contribution in [0.5, 0.6) is 0 Å². The van der Waals surface area contributed by atoms with Crippen LogP contribution in [0.15, 0.2) is 66.9 Å². The predicted molar refractivity (Wildman–Crippen MR) is 153 cm³/mol. The van der Waals surface area contributed by atoms with Gasteiger partial charge in [0.15, 0.2) is 0 Å². The van der Waals surface area contributed by atoms with E-state index in [-0.39, 0.29) is 17.4 Å². The molecule has 9 heteroatoms. The summed E-state index contributed by atoms with van der Waals surface area (Å²) in [5.41, 5.74) is 7.03. The van der Waals surface area contributed by atoms with Crippen molar-refractivity contribution in [3.8, 4) is 11.4 Å². The van der Waals surface area contributed by atoms with Crippen LogP contribution in [0.3, 0.4) is 0 Å². The van der Waals surface area contributed by atoms with Gasteiger partial charge in [0.05, 0.1) is 24.0 Å². The number of benzene rings is 2. The SMILES string of the molecule is CNC(=O)c1ccc(Cn2cc(-c3ccc4n3CCN(Cc3ccc(C(=O)N(C)C)cc3)C43CCC3)nn2)cc1. The van der Waals surface area contributed by atoms with Crippen molar-refractivity contribution in [2.24, 2.45) is 0 Å². The van der Waals surface area contributed by atoms with E-state index in [0.717, 1.165) is 55.0 Å². The third kappa shape index (κ3) is 4.60. The number of hydrogen-bond acceptors (Lipinski definition) is 5. The molecule has 4 aromatic rings. The fraction of sp³-hybridized carbons (Fsp3) is 0.355. The first-order chi connectivity index (χ1) is 19.4. The Morgan fingerprint density at radius 2 is 1.57 bits per heavy atom. The first-order valence-corrected chi connectivity index (χ1v) is 13.9. The molecule has 2 amide bonds. The van der Waals surface area contributed by atoms with E-state index in [4.69, 9.17) is 0 Å². The van der Waals surface area contributed by atoms with Crippen LogP contribution in [-0.2, 0) is 25.2 Å². The van der Waals surface area contributed by atoms with Gasteiger partial charge in [0, 0.05) is 57.6 Å². The zero-order valence-corrected chi connectivity index (χ0v) is 23.3. The standard InChI is InChI=1S/C31H35N7O2/c1-32-29(39)24-9-5-23(6-10-24)20-37-21-26(33-34-37)27-13-14-28-31(15-4-16-31)36(17-18-38(27)28)19-22-7-11-25(12-8-22)30(40)35(2)3/h5-14,21H,4,15-20H2,1-3H3,(H,32,39). The first-order valence-electron chi connectivity index (χ1n) is 13.9. The lowest BCUT2D eigenvalue weighted by atomic mass is 9.71. The van der Waals surface area contributed by atoms with Crippen molar-refractivity contribution >= 4 is 11.8 Å². The Hall–Kier alpha value is -4.24. The van der Waals surface area contributed by atoms with Gasteiger partial charge in [0.25, 0.3) is 11.8 Å². The second-order valence-electron chi connectivity index (χ2n) is 11.0. The summed E-state index contributed by atoms with van der Waals surface area (Å²) in [6.45, 7) is 3.31. The van der Waals surface area contributed by atoms with E-state index in [0.29, 0.717) is 12.1 Å². The van der Waals surface area contributed by atoms with Gasteiger partial charge in [-0.15, -0.1) is 5.10 Å². The van der Waals surface area contributed by atoms with Gasteiger partial charge in [-0.1, -0.05) is 29.5 Å². The van der Waals surface area contributed by atoms with E-state index in [9.17, 15) is 9.59 Å². The molecule has 3 heterocycles. The maximum Gasteiger partial charge on any atom is 0.253 e. The van der Waals surface area contributed by atoms with Crippen LogP contribution in [0, 0.1) is 0 Å². The largest absolute Gasteiger partial charge is 0.355 e. The molecule has 2 aromatic carbocycles. The molecule has 2 aromatic heterocycles. The second kappa shape index (κ2) is 10.4. The molecule has 206 valence electrons. The number of nitrogens with zero attached hydrogens (tertiary/aromatic N) is 6. The average Bonchev–Trinajstić information content (AvgIpc) is 3.59. The number of nitrogens with one attached hydrogen (secondary N) is 1. The van der Waals surface area contributed by atoms with E-state index in [1.54, 1.807) is 26.0 Å². The Labute approximate surface area is 234 Å². The molecule has 2 aliphatic rings. The highest BCUT2D eigenvalue weighted by atomic mass is 16.2. The van der Waals surface area contributed by atoms with Crippen molar-refractivity contribution in [2.45, 2.75) is 44.4 Å². The van der Waals surface area contributed by atoms with Crippen molar-refractivity contribution in [3.63, 3.8) is 0 Å². The first kappa shape index (κ1) is 26.0. The Balaban J connectivity index is 1.19. The molecule has 0 radical (unpaired) electrons. The normalized spacial score (nSPS) is 15.9. The average molecular weight is 538 g/mol. The van der Waals surface area contributed by atoms with E-state index < -0.39 is 0 Å². The lowest BCUT2D eigenvalue weighted by molar-refractivity contribution is -0.0209. The number of fused-ring (bicyclic) bond motifs is 2. The van der Waals surface area contributed by atoms with E-state index in [2.05, 4.69) is 49.4 Å². The fourth-order valence-corrected chi connectivity index (χ4v) is 6.07. The van der Waals surface area contributed by atoms with Crippen molar-refractivity contribution in [1.82, 2.24) is 34.7 Å². The minimum absolute atomic E-state index is 0.0289. The van der Waals surface area contributed by atoms with Crippen molar-refractivity contribution in [2.75, 3.05) is 27.7 Å². The Kier molecular flexibility index (Phi) is 6.75.